The lowest BCUT2D eigenvalue weighted by molar-refractivity contribution is 0.517. The minimum atomic E-state index is 0.112. The molecule has 2 aliphatic rings. The third kappa shape index (κ3) is 3.70. The fourth-order valence-electron chi connectivity index (χ4n) is 4.84. The highest BCUT2D eigenvalue weighted by molar-refractivity contribution is 5.79. The second-order valence-corrected chi connectivity index (χ2v) is 12.4. The molecule has 158 valence electrons. The fraction of sp³-hybridized carbons (Fsp3) is 0.467. The van der Waals surface area contributed by atoms with E-state index in [1.165, 1.54) is 44.5 Å². The number of fused-ring (bicyclic) bond motifs is 3. The van der Waals surface area contributed by atoms with Crippen LogP contribution in [0.3, 0.4) is 0 Å². The summed E-state index contributed by atoms with van der Waals surface area (Å²) in [6.07, 6.45) is 8.28. The third-order valence-electron chi connectivity index (χ3n) is 6.80. The van der Waals surface area contributed by atoms with E-state index < -0.39 is 0 Å². The first-order chi connectivity index (χ1) is 13.7. The predicted octanol–water partition coefficient (Wildman–Crippen LogP) is 8.48. The van der Waals surface area contributed by atoms with Crippen LogP contribution in [0.15, 0.2) is 54.1 Å². The standard InChI is InChI=1S/C30H38/c1-28(2,3)22-12-11-20(15-22)26-16-21-14-19-10-13-23(29(4,5)6)17-24(19)25(21)18-27(26)30(7,8)9/h10-13,15-18,20H,14H2,1-9H3. The van der Waals surface area contributed by atoms with Crippen LogP contribution in [-0.2, 0) is 17.3 Å². The Morgan fingerprint density at radius 3 is 1.93 bits per heavy atom. The van der Waals surface area contributed by atoms with Crippen molar-refractivity contribution < 1.29 is 0 Å². The molecule has 2 aromatic carbocycles. The Hall–Kier alpha value is -2.08. The Morgan fingerprint density at radius 2 is 1.37 bits per heavy atom. The molecule has 4 rings (SSSR count). The first kappa shape index (κ1) is 21.2. The SMILES string of the molecule is CC(C)(C)C1=CC(c2cc3c(cc2C(C)(C)C)-c2cc(C(C)(C)C)ccc2C3)C=C1. The zero-order valence-electron chi connectivity index (χ0n) is 20.4. The maximum absolute atomic E-state index is 2.52. The van der Waals surface area contributed by atoms with Crippen molar-refractivity contribution in [3.05, 3.63) is 82.0 Å². The van der Waals surface area contributed by atoms with Crippen LogP contribution in [0.25, 0.3) is 11.1 Å². The van der Waals surface area contributed by atoms with E-state index in [1.807, 2.05) is 0 Å². The molecule has 0 bridgehead atoms. The topological polar surface area (TPSA) is 0 Å². The van der Waals surface area contributed by atoms with E-state index in [4.69, 9.17) is 0 Å². The molecule has 2 aliphatic carbocycles. The van der Waals surface area contributed by atoms with Crippen LogP contribution in [0.1, 0.15) is 96.0 Å². The van der Waals surface area contributed by atoms with Crippen molar-refractivity contribution in [1.82, 2.24) is 0 Å². The molecule has 0 fully saturated rings. The van der Waals surface area contributed by atoms with Gasteiger partial charge in [0.2, 0.25) is 0 Å². The maximum atomic E-state index is 2.52. The molecule has 0 amide bonds. The Bertz CT molecular complexity index is 1050. The van der Waals surface area contributed by atoms with Crippen molar-refractivity contribution in [3.63, 3.8) is 0 Å². The Kier molecular flexibility index (Phi) is 4.73. The lowest BCUT2D eigenvalue weighted by Gasteiger charge is -2.27. The van der Waals surface area contributed by atoms with Gasteiger partial charge in [0.25, 0.3) is 0 Å². The van der Waals surface area contributed by atoms with E-state index in [2.05, 4.69) is 111 Å². The molecule has 0 heterocycles. The average molecular weight is 399 g/mol. The van der Waals surface area contributed by atoms with E-state index in [9.17, 15) is 0 Å². The van der Waals surface area contributed by atoms with Gasteiger partial charge in [0, 0.05) is 5.92 Å². The number of benzene rings is 2. The van der Waals surface area contributed by atoms with Crippen LogP contribution >= 0.6 is 0 Å². The summed E-state index contributed by atoms with van der Waals surface area (Å²) in [4.78, 5) is 0. The molecule has 0 aromatic heterocycles. The highest BCUT2D eigenvalue weighted by atomic mass is 14.3. The minimum Gasteiger partial charge on any atom is -0.0729 e. The number of allylic oxidation sites excluding steroid dienone is 4. The molecule has 0 radical (unpaired) electrons. The molecule has 0 aliphatic heterocycles. The summed E-state index contributed by atoms with van der Waals surface area (Å²) < 4.78 is 0. The van der Waals surface area contributed by atoms with E-state index in [0.29, 0.717) is 5.92 Å². The van der Waals surface area contributed by atoms with Crippen LogP contribution < -0.4 is 0 Å². The first-order valence-corrected chi connectivity index (χ1v) is 11.5. The summed E-state index contributed by atoms with van der Waals surface area (Å²) in [7, 11) is 0. The zero-order valence-corrected chi connectivity index (χ0v) is 20.4. The van der Waals surface area contributed by atoms with Crippen molar-refractivity contribution in [2.45, 2.75) is 85.5 Å². The molecule has 0 saturated carbocycles. The molecule has 30 heavy (non-hydrogen) atoms. The molecule has 0 spiro atoms. The highest BCUT2D eigenvalue weighted by Crippen LogP contribution is 2.45. The molecular formula is C30H38. The molecular weight excluding hydrogens is 360 g/mol. The molecule has 0 heteroatoms. The van der Waals surface area contributed by atoms with Gasteiger partial charge in [-0.1, -0.05) is 111 Å². The van der Waals surface area contributed by atoms with Crippen molar-refractivity contribution in [3.8, 4) is 11.1 Å². The fourth-order valence-corrected chi connectivity index (χ4v) is 4.84. The van der Waals surface area contributed by atoms with E-state index >= 15 is 0 Å². The van der Waals surface area contributed by atoms with Crippen molar-refractivity contribution in [1.29, 1.82) is 0 Å². The maximum Gasteiger partial charge on any atom is 0.0210 e. The lowest BCUT2D eigenvalue weighted by Crippen LogP contribution is -2.16. The molecule has 0 saturated heterocycles. The second kappa shape index (κ2) is 6.71. The second-order valence-electron chi connectivity index (χ2n) is 12.4. The first-order valence-electron chi connectivity index (χ1n) is 11.5. The van der Waals surface area contributed by atoms with Gasteiger partial charge in [0.15, 0.2) is 0 Å². The van der Waals surface area contributed by atoms with E-state index in [0.717, 1.165) is 6.42 Å². The monoisotopic (exact) mass is 398 g/mol. The average Bonchev–Trinajstić information content (AvgIpc) is 3.23. The summed E-state index contributed by atoms with van der Waals surface area (Å²) in [6.45, 7) is 20.9. The summed E-state index contributed by atoms with van der Waals surface area (Å²) in [5.74, 6) is 0.382. The van der Waals surface area contributed by atoms with Gasteiger partial charge in [0.1, 0.15) is 0 Å². The van der Waals surface area contributed by atoms with Gasteiger partial charge >= 0.3 is 0 Å². The quantitative estimate of drug-likeness (QED) is 0.385. The molecule has 1 unspecified atom stereocenters. The molecule has 0 nitrogen and oxygen atoms in total. The summed E-state index contributed by atoms with van der Waals surface area (Å²) in [6, 6.07) is 12.2. The summed E-state index contributed by atoms with van der Waals surface area (Å²) in [5.41, 5.74) is 12.2. The largest absolute Gasteiger partial charge is 0.0729 e. The van der Waals surface area contributed by atoms with Gasteiger partial charge < -0.3 is 0 Å². The van der Waals surface area contributed by atoms with Gasteiger partial charge in [-0.25, -0.2) is 0 Å². The van der Waals surface area contributed by atoms with Crippen LogP contribution in [0.4, 0.5) is 0 Å². The number of hydrogen-bond donors (Lipinski definition) is 0. The van der Waals surface area contributed by atoms with E-state index in [1.54, 1.807) is 0 Å². The van der Waals surface area contributed by atoms with Crippen LogP contribution in [0.5, 0.6) is 0 Å². The smallest absolute Gasteiger partial charge is 0.0210 e. The molecule has 2 aromatic rings. The van der Waals surface area contributed by atoms with Gasteiger partial charge in [-0.15, -0.1) is 0 Å². The van der Waals surface area contributed by atoms with E-state index in [-0.39, 0.29) is 16.2 Å². The third-order valence-corrected chi connectivity index (χ3v) is 6.80. The van der Waals surface area contributed by atoms with Crippen molar-refractivity contribution in [2.24, 2.45) is 5.41 Å². The van der Waals surface area contributed by atoms with Gasteiger partial charge in [0.05, 0.1) is 0 Å². The van der Waals surface area contributed by atoms with Crippen LogP contribution in [0, 0.1) is 5.41 Å². The van der Waals surface area contributed by atoms with Crippen molar-refractivity contribution >= 4 is 0 Å². The van der Waals surface area contributed by atoms with Crippen molar-refractivity contribution in [2.75, 3.05) is 0 Å². The Balaban J connectivity index is 1.86. The Morgan fingerprint density at radius 1 is 0.700 bits per heavy atom. The summed E-state index contributed by atoms with van der Waals surface area (Å²) >= 11 is 0. The normalized spacial score (nSPS) is 18.4. The summed E-state index contributed by atoms with van der Waals surface area (Å²) in [5, 5.41) is 0. The Labute approximate surface area is 184 Å². The predicted molar refractivity (Wildman–Crippen MR) is 132 cm³/mol. The zero-order chi connectivity index (χ0) is 22.1. The minimum absolute atomic E-state index is 0.112. The van der Waals surface area contributed by atoms with Crippen LogP contribution in [0.2, 0.25) is 0 Å². The molecule has 1 atom stereocenters. The van der Waals surface area contributed by atoms with Crippen LogP contribution in [-0.4, -0.2) is 0 Å². The van der Waals surface area contributed by atoms with Gasteiger partial charge in [-0.3, -0.25) is 0 Å². The number of rotatable bonds is 1. The number of hydrogen-bond acceptors (Lipinski definition) is 0. The lowest BCUT2D eigenvalue weighted by atomic mass is 9.77. The van der Waals surface area contributed by atoms with Gasteiger partial charge in [-0.05, 0) is 67.2 Å². The molecule has 0 N–H and O–H groups in total. The highest BCUT2D eigenvalue weighted by Gasteiger charge is 2.30. The van der Waals surface area contributed by atoms with Gasteiger partial charge in [-0.2, -0.15) is 0 Å².